The third-order valence-electron chi connectivity index (χ3n) is 3.44. The zero-order valence-electron chi connectivity index (χ0n) is 13.5. The van der Waals surface area contributed by atoms with E-state index in [1.807, 2.05) is 0 Å². The zero-order valence-corrected chi connectivity index (χ0v) is 15.1. The maximum Gasteiger partial charge on any atom is 0.0471 e. The van der Waals surface area contributed by atoms with Gasteiger partial charge in [0.2, 0.25) is 0 Å². The quantitative estimate of drug-likeness (QED) is 0.798. The van der Waals surface area contributed by atoms with Crippen LogP contribution in [0.1, 0.15) is 44.9 Å². The smallest absolute Gasteiger partial charge is 0.0471 e. The lowest BCUT2D eigenvalue weighted by Gasteiger charge is -2.34. The molecule has 0 saturated heterocycles. The summed E-state index contributed by atoms with van der Waals surface area (Å²) in [6.45, 7) is 14.0. The summed E-state index contributed by atoms with van der Waals surface area (Å²) in [5, 5.41) is 0. The molecule has 0 amide bonds. The summed E-state index contributed by atoms with van der Waals surface area (Å²) < 4.78 is 1.17. The Kier molecular flexibility index (Phi) is 7.21. The molecule has 0 radical (unpaired) electrons. The summed E-state index contributed by atoms with van der Waals surface area (Å²) >= 11 is 3.64. The average Bonchev–Trinajstić information content (AvgIpc) is 2.33. The van der Waals surface area contributed by atoms with Crippen molar-refractivity contribution in [1.82, 2.24) is 4.90 Å². The molecule has 0 bridgehead atoms. The molecule has 1 rings (SSSR count). The third kappa shape index (κ3) is 5.19. The molecule has 0 aliphatic heterocycles. The summed E-state index contributed by atoms with van der Waals surface area (Å²) in [7, 11) is 0. The van der Waals surface area contributed by atoms with E-state index in [0.717, 1.165) is 13.1 Å². The van der Waals surface area contributed by atoms with Gasteiger partial charge in [-0.15, -0.1) is 0 Å². The van der Waals surface area contributed by atoms with Gasteiger partial charge in [0.15, 0.2) is 0 Å². The molecular weight excluding hydrogens is 312 g/mol. The summed E-state index contributed by atoms with van der Waals surface area (Å²) in [6, 6.07) is 6.91. The van der Waals surface area contributed by atoms with Crippen molar-refractivity contribution in [2.24, 2.45) is 17.6 Å². The van der Waals surface area contributed by atoms with Crippen molar-refractivity contribution in [3.63, 3.8) is 0 Å². The predicted molar refractivity (Wildman–Crippen MR) is 91.9 cm³/mol. The number of aryl methyl sites for hydroxylation is 1. The van der Waals surface area contributed by atoms with Crippen LogP contribution < -0.4 is 5.73 Å². The fraction of sp³-hybridized carbons (Fsp3) is 0.647. The molecule has 1 atom stereocenters. The molecular formula is C17H29BrN2. The van der Waals surface area contributed by atoms with E-state index in [4.69, 9.17) is 5.73 Å². The Hall–Kier alpha value is -0.380. The van der Waals surface area contributed by atoms with Crippen molar-refractivity contribution >= 4 is 15.9 Å². The second-order valence-corrected chi connectivity index (χ2v) is 7.36. The Morgan fingerprint density at radius 1 is 1.10 bits per heavy atom. The van der Waals surface area contributed by atoms with Gasteiger partial charge in [0, 0.05) is 30.1 Å². The minimum absolute atomic E-state index is 0.302. The van der Waals surface area contributed by atoms with Crippen LogP contribution in [-0.2, 0) is 0 Å². The molecule has 1 aromatic carbocycles. The first-order valence-corrected chi connectivity index (χ1v) is 8.34. The SMILES string of the molecule is Cc1ccc(C(CN)N(CC(C)C)CC(C)C)cc1Br. The summed E-state index contributed by atoms with van der Waals surface area (Å²) in [6.07, 6.45) is 0. The standard InChI is InChI=1S/C17H29BrN2/c1-12(2)10-20(11-13(3)4)17(9-19)15-7-6-14(5)16(18)8-15/h6-8,12-13,17H,9-11,19H2,1-5H3. The molecule has 0 fully saturated rings. The first-order valence-electron chi connectivity index (χ1n) is 7.55. The molecule has 1 unspecified atom stereocenters. The van der Waals surface area contributed by atoms with Gasteiger partial charge in [-0.3, -0.25) is 4.90 Å². The monoisotopic (exact) mass is 340 g/mol. The van der Waals surface area contributed by atoms with Gasteiger partial charge in [-0.25, -0.2) is 0 Å². The van der Waals surface area contributed by atoms with Crippen LogP contribution >= 0.6 is 15.9 Å². The topological polar surface area (TPSA) is 29.3 Å². The summed E-state index contributed by atoms with van der Waals surface area (Å²) in [4.78, 5) is 2.53. The highest BCUT2D eigenvalue weighted by Crippen LogP contribution is 2.26. The van der Waals surface area contributed by atoms with Crippen LogP contribution in [0.5, 0.6) is 0 Å². The number of halogens is 1. The van der Waals surface area contributed by atoms with Gasteiger partial charge in [0.25, 0.3) is 0 Å². The van der Waals surface area contributed by atoms with Crippen LogP contribution in [0.15, 0.2) is 22.7 Å². The van der Waals surface area contributed by atoms with E-state index in [1.165, 1.54) is 15.6 Å². The molecule has 2 N–H and O–H groups in total. The van der Waals surface area contributed by atoms with Crippen LogP contribution in [0, 0.1) is 18.8 Å². The van der Waals surface area contributed by atoms with E-state index in [-0.39, 0.29) is 0 Å². The molecule has 0 spiro atoms. The van der Waals surface area contributed by atoms with E-state index in [2.05, 4.69) is 73.6 Å². The van der Waals surface area contributed by atoms with Crippen LogP contribution in [0.2, 0.25) is 0 Å². The van der Waals surface area contributed by atoms with Crippen LogP contribution in [-0.4, -0.2) is 24.5 Å². The summed E-state index contributed by atoms with van der Waals surface area (Å²) in [5.74, 6) is 1.30. The highest BCUT2D eigenvalue weighted by Gasteiger charge is 2.21. The molecule has 1 aromatic rings. The summed E-state index contributed by atoms with van der Waals surface area (Å²) in [5.41, 5.74) is 8.67. The number of benzene rings is 1. The highest BCUT2D eigenvalue weighted by atomic mass is 79.9. The number of nitrogens with two attached hydrogens (primary N) is 1. The van der Waals surface area contributed by atoms with Crippen molar-refractivity contribution in [2.45, 2.75) is 40.7 Å². The second kappa shape index (κ2) is 8.16. The minimum atomic E-state index is 0.302. The van der Waals surface area contributed by atoms with E-state index in [9.17, 15) is 0 Å². The third-order valence-corrected chi connectivity index (χ3v) is 4.30. The molecule has 20 heavy (non-hydrogen) atoms. The van der Waals surface area contributed by atoms with E-state index < -0.39 is 0 Å². The Morgan fingerprint density at radius 2 is 1.65 bits per heavy atom. The predicted octanol–water partition coefficient (Wildman–Crippen LogP) is 4.37. The normalized spacial score (nSPS) is 13.5. The van der Waals surface area contributed by atoms with Crippen molar-refractivity contribution < 1.29 is 0 Å². The van der Waals surface area contributed by atoms with Crippen LogP contribution in [0.4, 0.5) is 0 Å². The van der Waals surface area contributed by atoms with Gasteiger partial charge >= 0.3 is 0 Å². The first kappa shape index (κ1) is 17.7. The van der Waals surface area contributed by atoms with Gasteiger partial charge in [0.1, 0.15) is 0 Å². The number of nitrogens with zero attached hydrogens (tertiary/aromatic N) is 1. The molecule has 0 aliphatic rings. The van der Waals surface area contributed by atoms with E-state index in [0.29, 0.717) is 24.4 Å². The molecule has 0 aliphatic carbocycles. The Balaban J connectivity index is 3.01. The van der Waals surface area contributed by atoms with Crippen molar-refractivity contribution in [1.29, 1.82) is 0 Å². The van der Waals surface area contributed by atoms with Crippen molar-refractivity contribution in [2.75, 3.05) is 19.6 Å². The van der Waals surface area contributed by atoms with E-state index in [1.54, 1.807) is 0 Å². The minimum Gasteiger partial charge on any atom is -0.329 e. The number of hydrogen-bond donors (Lipinski definition) is 1. The van der Waals surface area contributed by atoms with Gasteiger partial charge in [-0.1, -0.05) is 55.8 Å². The Labute approximate surface area is 132 Å². The lowest BCUT2D eigenvalue weighted by Crippen LogP contribution is -2.38. The Bertz CT molecular complexity index is 405. The Morgan fingerprint density at radius 3 is 2.05 bits per heavy atom. The van der Waals surface area contributed by atoms with Gasteiger partial charge in [-0.2, -0.15) is 0 Å². The molecule has 0 saturated carbocycles. The van der Waals surface area contributed by atoms with Crippen molar-refractivity contribution in [3.05, 3.63) is 33.8 Å². The van der Waals surface area contributed by atoms with Crippen molar-refractivity contribution in [3.8, 4) is 0 Å². The fourth-order valence-corrected chi connectivity index (χ4v) is 2.98. The van der Waals surface area contributed by atoms with Gasteiger partial charge in [-0.05, 0) is 36.0 Å². The lowest BCUT2D eigenvalue weighted by molar-refractivity contribution is 0.160. The second-order valence-electron chi connectivity index (χ2n) is 6.50. The lowest BCUT2D eigenvalue weighted by atomic mass is 10.0. The maximum atomic E-state index is 6.09. The zero-order chi connectivity index (χ0) is 15.3. The maximum absolute atomic E-state index is 6.09. The van der Waals surface area contributed by atoms with Crippen LogP contribution in [0.3, 0.4) is 0 Å². The fourth-order valence-electron chi connectivity index (χ4n) is 2.58. The first-order chi connectivity index (χ1) is 9.35. The molecule has 2 nitrogen and oxygen atoms in total. The van der Waals surface area contributed by atoms with Gasteiger partial charge in [0.05, 0.1) is 0 Å². The number of rotatable bonds is 7. The molecule has 114 valence electrons. The average molecular weight is 341 g/mol. The number of hydrogen-bond acceptors (Lipinski definition) is 2. The largest absolute Gasteiger partial charge is 0.329 e. The molecule has 3 heteroatoms. The van der Waals surface area contributed by atoms with Crippen LogP contribution in [0.25, 0.3) is 0 Å². The molecule has 0 aromatic heterocycles. The van der Waals surface area contributed by atoms with E-state index >= 15 is 0 Å². The van der Waals surface area contributed by atoms with Gasteiger partial charge < -0.3 is 5.73 Å². The molecule has 0 heterocycles. The highest BCUT2D eigenvalue weighted by molar-refractivity contribution is 9.10.